The van der Waals surface area contributed by atoms with E-state index in [-0.39, 0.29) is 0 Å². The van der Waals surface area contributed by atoms with Crippen LogP contribution in [0.4, 0.5) is 0 Å². The van der Waals surface area contributed by atoms with Crippen LogP contribution in [0.2, 0.25) is 0 Å². The Morgan fingerprint density at radius 3 is 1.76 bits per heavy atom. The van der Waals surface area contributed by atoms with E-state index in [2.05, 4.69) is 36.5 Å². The number of allylic oxidation sites excluding steroid dienone is 4. The first-order chi connectivity index (χ1) is 8.27. The highest BCUT2D eigenvalue weighted by Crippen LogP contribution is 2.32. The van der Waals surface area contributed by atoms with Crippen LogP contribution in [0.5, 0.6) is 0 Å². The Labute approximate surface area is 125 Å². The molecule has 2 aliphatic heterocycles. The zero-order chi connectivity index (χ0) is 12.1. The van der Waals surface area contributed by atoms with Gasteiger partial charge in [-0.2, -0.15) is 0 Å². The van der Waals surface area contributed by atoms with Crippen LogP contribution in [0.3, 0.4) is 0 Å². The molecule has 88 valence electrons. The predicted molar refractivity (Wildman–Crippen MR) is 92.1 cm³/mol. The first kappa shape index (κ1) is 13.6. The molecule has 0 fully saturated rings. The van der Waals surface area contributed by atoms with Gasteiger partial charge in [0.1, 0.15) is 0 Å². The third kappa shape index (κ3) is 4.10. The molecule has 0 aromatic heterocycles. The first-order valence-electron chi connectivity index (χ1n) is 5.03. The molecule has 0 aromatic carbocycles. The lowest BCUT2D eigenvalue weighted by Gasteiger charge is -2.12. The third-order valence-corrected chi connectivity index (χ3v) is 6.31. The summed E-state index contributed by atoms with van der Waals surface area (Å²) in [5.74, 6) is 2.00. The van der Waals surface area contributed by atoms with Crippen LogP contribution in [0.15, 0.2) is 46.3 Å². The van der Waals surface area contributed by atoms with E-state index in [1.807, 2.05) is 0 Å². The van der Waals surface area contributed by atoms with Crippen LogP contribution >= 0.6 is 59.7 Å². The van der Waals surface area contributed by atoms with Crippen molar-refractivity contribution in [3.63, 3.8) is 0 Å². The minimum atomic E-state index is 0.889. The molecule has 0 aliphatic carbocycles. The molecule has 2 heterocycles. The van der Waals surface area contributed by atoms with Gasteiger partial charge in [0.25, 0.3) is 0 Å². The summed E-state index contributed by atoms with van der Waals surface area (Å²) in [6.45, 7) is 0. The van der Waals surface area contributed by atoms with Crippen molar-refractivity contribution < 1.29 is 0 Å². The number of hydrogen-bond donors (Lipinski definition) is 0. The van der Waals surface area contributed by atoms with Crippen LogP contribution in [0.1, 0.15) is 0 Å². The Balaban J connectivity index is 1.96. The minimum Gasteiger partial charge on any atom is -0.120 e. The largest absolute Gasteiger partial charge is 0.120 e. The van der Waals surface area contributed by atoms with Crippen molar-refractivity contribution in [2.75, 3.05) is 11.5 Å². The van der Waals surface area contributed by atoms with Gasteiger partial charge in [-0.25, -0.2) is 0 Å². The second-order valence-corrected chi connectivity index (χ2v) is 7.69. The van der Waals surface area contributed by atoms with Crippen LogP contribution < -0.4 is 0 Å². The molecule has 0 saturated carbocycles. The fourth-order valence-corrected chi connectivity index (χ4v) is 4.85. The van der Waals surface area contributed by atoms with Gasteiger partial charge in [0.2, 0.25) is 0 Å². The maximum atomic E-state index is 5.42. The number of thiocarbonyl (C=S) groups is 2. The van der Waals surface area contributed by atoms with Crippen molar-refractivity contribution in [1.29, 1.82) is 0 Å². The molecule has 2 aliphatic rings. The lowest BCUT2D eigenvalue weighted by molar-refractivity contribution is 1.72. The van der Waals surface area contributed by atoms with E-state index in [1.54, 1.807) is 23.5 Å². The molecule has 2 rings (SSSR count). The maximum Gasteiger partial charge on any atom is 0.0898 e. The average molecular weight is 315 g/mol. The minimum absolute atomic E-state index is 0.889. The summed E-state index contributed by atoms with van der Waals surface area (Å²) in [4.78, 5) is 2.32. The van der Waals surface area contributed by atoms with E-state index >= 15 is 0 Å². The SMILES string of the molecule is S=C(SC(=S)C1=CC=CCS1)C1=CC=CCS1. The normalized spacial score (nSPS) is 18.6. The van der Waals surface area contributed by atoms with Gasteiger partial charge in [-0.3, -0.25) is 0 Å². The number of hydrogen-bond acceptors (Lipinski definition) is 5. The Morgan fingerprint density at radius 1 is 0.941 bits per heavy atom. The highest BCUT2D eigenvalue weighted by Gasteiger charge is 2.14. The second kappa shape index (κ2) is 6.95. The molecule has 0 amide bonds. The Morgan fingerprint density at radius 2 is 1.41 bits per heavy atom. The monoisotopic (exact) mass is 314 g/mol. The van der Waals surface area contributed by atoms with E-state index in [0.29, 0.717) is 0 Å². The quantitative estimate of drug-likeness (QED) is 0.673. The van der Waals surface area contributed by atoms with Gasteiger partial charge in [-0.05, 0) is 12.2 Å². The van der Waals surface area contributed by atoms with Gasteiger partial charge in [0.15, 0.2) is 0 Å². The molecule has 17 heavy (non-hydrogen) atoms. The average Bonchev–Trinajstić information content (AvgIpc) is 2.40. The highest BCUT2D eigenvalue weighted by molar-refractivity contribution is 8.41. The summed E-state index contributed by atoms with van der Waals surface area (Å²) < 4.78 is 1.78. The van der Waals surface area contributed by atoms with Gasteiger partial charge in [-0.1, -0.05) is 60.5 Å². The Hall–Kier alpha value is 0.190. The molecule has 0 spiro atoms. The summed E-state index contributed by atoms with van der Waals surface area (Å²) in [6.07, 6.45) is 12.5. The summed E-state index contributed by atoms with van der Waals surface area (Å²) >= 11 is 15.9. The lowest BCUT2D eigenvalue weighted by atomic mass is 10.4. The highest BCUT2D eigenvalue weighted by atomic mass is 32.2. The Bertz CT molecular complexity index is 412. The van der Waals surface area contributed by atoms with Crippen molar-refractivity contribution in [2.45, 2.75) is 0 Å². The fourth-order valence-electron chi connectivity index (χ4n) is 1.23. The molecule has 0 saturated heterocycles. The van der Waals surface area contributed by atoms with Crippen LogP contribution in [0, 0.1) is 0 Å². The molecule has 0 N–H and O–H groups in total. The predicted octanol–water partition coefficient (Wildman–Crippen LogP) is 4.75. The van der Waals surface area contributed by atoms with E-state index in [0.717, 1.165) is 29.7 Å². The van der Waals surface area contributed by atoms with Crippen molar-refractivity contribution in [3.05, 3.63) is 46.3 Å². The van der Waals surface area contributed by atoms with E-state index in [1.165, 1.54) is 11.8 Å². The zero-order valence-corrected chi connectivity index (χ0v) is 13.0. The topological polar surface area (TPSA) is 0 Å². The number of thioether (sulfide) groups is 3. The van der Waals surface area contributed by atoms with Gasteiger partial charge in [0, 0.05) is 21.3 Å². The molecule has 0 atom stereocenters. The van der Waals surface area contributed by atoms with E-state index < -0.39 is 0 Å². The summed E-state index contributed by atoms with van der Waals surface area (Å²) in [6, 6.07) is 0. The van der Waals surface area contributed by atoms with Crippen molar-refractivity contribution in [2.24, 2.45) is 0 Å². The molecule has 0 bridgehead atoms. The van der Waals surface area contributed by atoms with E-state index in [4.69, 9.17) is 24.4 Å². The van der Waals surface area contributed by atoms with Crippen LogP contribution in [0.25, 0.3) is 0 Å². The van der Waals surface area contributed by atoms with E-state index in [9.17, 15) is 0 Å². The first-order valence-corrected chi connectivity index (χ1v) is 8.63. The standard InChI is InChI=1S/C12H10S5/c13-11(9-5-1-3-7-15-9)17-12(14)10-6-2-4-8-16-10/h1-6H,7-8H2. The molecule has 0 unspecified atom stereocenters. The van der Waals surface area contributed by atoms with Gasteiger partial charge < -0.3 is 0 Å². The van der Waals surface area contributed by atoms with Crippen molar-refractivity contribution >= 4 is 68.1 Å². The third-order valence-electron chi connectivity index (χ3n) is 2.03. The van der Waals surface area contributed by atoms with Crippen molar-refractivity contribution in [3.8, 4) is 0 Å². The molecule has 0 aromatic rings. The second-order valence-electron chi connectivity index (χ2n) is 3.22. The van der Waals surface area contributed by atoms with Crippen molar-refractivity contribution in [1.82, 2.24) is 0 Å². The molecule has 5 heteroatoms. The lowest BCUT2D eigenvalue weighted by Crippen LogP contribution is -2.01. The molecular weight excluding hydrogens is 304 g/mol. The summed E-state index contributed by atoms with van der Waals surface area (Å²) in [5.41, 5.74) is 0. The molecular formula is C12H10S5. The smallest absolute Gasteiger partial charge is 0.0898 e. The summed E-state index contributed by atoms with van der Waals surface area (Å²) in [5, 5.41) is 0. The fraction of sp³-hybridized carbons (Fsp3) is 0.167. The van der Waals surface area contributed by atoms with Crippen LogP contribution in [-0.2, 0) is 0 Å². The van der Waals surface area contributed by atoms with Gasteiger partial charge >= 0.3 is 0 Å². The Kier molecular flexibility index (Phi) is 5.56. The zero-order valence-electron chi connectivity index (χ0n) is 8.92. The molecule has 0 radical (unpaired) electrons. The molecule has 0 nitrogen and oxygen atoms in total. The number of rotatable bonds is 2. The summed E-state index contributed by atoms with van der Waals surface area (Å²) in [7, 11) is 0. The maximum absolute atomic E-state index is 5.42. The van der Waals surface area contributed by atoms with Gasteiger partial charge in [-0.15, -0.1) is 23.5 Å². The van der Waals surface area contributed by atoms with Crippen LogP contribution in [-0.4, -0.2) is 19.9 Å². The van der Waals surface area contributed by atoms with Gasteiger partial charge in [0.05, 0.1) is 8.39 Å².